The third-order valence-corrected chi connectivity index (χ3v) is 4.12. The van der Waals surface area contributed by atoms with Crippen LogP contribution in [0.5, 0.6) is 0 Å². The lowest BCUT2D eigenvalue weighted by Gasteiger charge is -2.23. The van der Waals surface area contributed by atoms with Gasteiger partial charge in [0.2, 0.25) is 5.91 Å². The lowest BCUT2D eigenvalue weighted by atomic mass is 10.0. The van der Waals surface area contributed by atoms with Gasteiger partial charge in [-0.1, -0.05) is 54.6 Å². The normalized spacial score (nSPS) is 14.9. The molecular weight excluding hydrogens is 284 g/mol. The van der Waals surface area contributed by atoms with Gasteiger partial charge in [-0.2, -0.15) is 5.10 Å². The molecule has 4 rings (SSSR count). The van der Waals surface area contributed by atoms with Crippen LogP contribution < -0.4 is 5.01 Å². The quantitative estimate of drug-likeness (QED) is 0.691. The van der Waals surface area contributed by atoms with Crippen LogP contribution in [0.1, 0.15) is 18.4 Å². The number of benzene rings is 3. The zero-order chi connectivity index (χ0) is 15.6. The number of hydrazone groups is 1. The second kappa shape index (κ2) is 5.69. The summed E-state index contributed by atoms with van der Waals surface area (Å²) in [5, 5.41) is 8.53. The van der Waals surface area contributed by atoms with E-state index in [0.717, 1.165) is 17.0 Å². The van der Waals surface area contributed by atoms with Gasteiger partial charge < -0.3 is 0 Å². The molecule has 0 aliphatic carbocycles. The average Bonchev–Trinajstić information content (AvgIpc) is 2.62. The first-order valence-electron chi connectivity index (χ1n) is 7.76. The number of hydrogen-bond donors (Lipinski definition) is 0. The Labute approximate surface area is 134 Å². The highest BCUT2D eigenvalue weighted by Gasteiger charge is 2.22. The van der Waals surface area contributed by atoms with Crippen LogP contribution in [-0.2, 0) is 4.79 Å². The SMILES string of the molecule is O=C1CCC(c2ccc3ccccc3c2)=NN1c1ccccc1. The number of fused-ring (bicyclic) bond motifs is 1. The summed E-state index contributed by atoms with van der Waals surface area (Å²) in [6.45, 7) is 0. The van der Waals surface area contributed by atoms with Crippen molar-refractivity contribution >= 4 is 28.1 Å². The summed E-state index contributed by atoms with van der Waals surface area (Å²) in [6, 6.07) is 24.2. The summed E-state index contributed by atoms with van der Waals surface area (Å²) < 4.78 is 0. The molecule has 0 bridgehead atoms. The first kappa shape index (κ1) is 13.7. The van der Waals surface area contributed by atoms with E-state index in [1.54, 1.807) is 0 Å². The summed E-state index contributed by atoms with van der Waals surface area (Å²) in [5.74, 6) is 0.0424. The second-order valence-corrected chi connectivity index (χ2v) is 5.65. The minimum Gasteiger partial charge on any atom is -0.273 e. The van der Waals surface area contributed by atoms with Crippen LogP contribution >= 0.6 is 0 Å². The first-order valence-corrected chi connectivity index (χ1v) is 7.76. The van der Waals surface area contributed by atoms with Gasteiger partial charge in [-0.25, -0.2) is 5.01 Å². The molecule has 0 saturated carbocycles. The van der Waals surface area contributed by atoms with E-state index >= 15 is 0 Å². The van der Waals surface area contributed by atoms with E-state index in [1.807, 2.05) is 42.5 Å². The minimum absolute atomic E-state index is 0.0424. The smallest absolute Gasteiger partial charge is 0.247 e. The molecule has 1 aliphatic heterocycles. The number of rotatable bonds is 2. The number of carbonyl (C=O) groups is 1. The highest BCUT2D eigenvalue weighted by molar-refractivity contribution is 6.10. The molecule has 1 heterocycles. The van der Waals surface area contributed by atoms with Crippen molar-refractivity contribution in [3.05, 3.63) is 78.4 Å². The van der Waals surface area contributed by atoms with Crippen LogP contribution in [-0.4, -0.2) is 11.6 Å². The maximum Gasteiger partial charge on any atom is 0.247 e. The lowest BCUT2D eigenvalue weighted by Crippen LogP contribution is -2.31. The van der Waals surface area contributed by atoms with Crippen LogP contribution in [0.2, 0.25) is 0 Å². The van der Waals surface area contributed by atoms with Crippen LogP contribution in [0.15, 0.2) is 77.9 Å². The zero-order valence-electron chi connectivity index (χ0n) is 12.6. The minimum atomic E-state index is 0.0424. The van der Waals surface area contributed by atoms with Gasteiger partial charge in [0, 0.05) is 12.8 Å². The second-order valence-electron chi connectivity index (χ2n) is 5.65. The Hall–Kier alpha value is -2.94. The van der Waals surface area contributed by atoms with Gasteiger partial charge in [-0.15, -0.1) is 0 Å². The molecule has 1 aliphatic rings. The molecule has 112 valence electrons. The van der Waals surface area contributed by atoms with E-state index in [-0.39, 0.29) is 5.91 Å². The Morgan fingerprint density at radius 1 is 0.783 bits per heavy atom. The average molecular weight is 300 g/mol. The van der Waals surface area contributed by atoms with Gasteiger partial charge in [0.05, 0.1) is 11.4 Å². The molecule has 3 heteroatoms. The van der Waals surface area contributed by atoms with E-state index < -0.39 is 0 Å². The van der Waals surface area contributed by atoms with Gasteiger partial charge in [0.25, 0.3) is 0 Å². The van der Waals surface area contributed by atoms with E-state index in [2.05, 4.69) is 35.4 Å². The van der Waals surface area contributed by atoms with Crippen LogP contribution in [0.25, 0.3) is 10.8 Å². The first-order chi connectivity index (χ1) is 11.3. The highest BCUT2D eigenvalue weighted by atomic mass is 16.2. The summed E-state index contributed by atoms with van der Waals surface area (Å²) in [4.78, 5) is 12.2. The molecule has 0 fully saturated rings. The van der Waals surface area contributed by atoms with Gasteiger partial charge in [-0.3, -0.25) is 4.79 Å². The van der Waals surface area contributed by atoms with Crippen molar-refractivity contribution in [1.82, 2.24) is 0 Å². The Kier molecular flexibility index (Phi) is 3.39. The van der Waals surface area contributed by atoms with Crippen molar-refractivity contribution in [2.45, 2.75) is 12.8 Å². The fourth-order valence-electron chi connectivity index (χ4n) is 2.90. The number of nitrogens with zero attached hydrogens (tertiary/aromatic N) is 2. The zero-order valence-corrected chi connectivity index (χ0v) is 12.6. The van der Waals surface area contributed by atoms with E-state index in [0.29, 0.717) is 12.8 Å². The number of hydrogen-bond acceptors (Lipinski definition) is 2. The predicted molar refractivity (Wildman–Crippen MR) is 93.6 cm³/mol. The molecule has 1 amide bonds. The summed E-state index contributed by atoms with van der Waals surface area (Å²) in [6.07, 6.45) is 1.17. The fraction of sp³-hybridized carbons (Fsp3) is 0.100. The third-order valence-electron chi connectivity index (χ3n) is 4.12. The predicted octanol–water partition coefficient (Wildman–Crippen LogP) is 4.37. The van der Waals surface area contributed by atoms with Crippen molar-refractivity contribution in [2.24, 2.45) is 5.10 Å². The molecule has 0 N–H and O–H groups in total. The largest absolute Gasteiger partial charge is 0.273 e. The molecule has 23 heavy (non-hydrogen) atoms. The molecular formula is C20H16N2O. The summed E-state index contributed by atoms with van der Waals surface area (Å²) in [5.41, 5.74) is 2.85. The molecule has 3 aromatic rings. The lowest BCUT2D eigenvalue weighted by molar-refractivity contribution is -0.118. The number of para-hydroxylation sites is 1. The van der Waals surface area contributed by atoms with Crippen molar-refractivity contribution in [1.29, 1.82) is 0 Å². The fourth-order valence-corrected chi connectivity index (χ4v) is 2.90. The monoisotopic (exact) mass is 300 g/mol. The van der Waals surface area contributed by atoms with Gasteiger partial charge >= 0.3 is 0 Å². The molecule has 0 unspecified atom stereocenters. The maximum absolute atomic E-state index is 12.2. The molecule has 3 nitrogen and oxygen atoms in total. The summed E-state index contributed by atoms with van der Waals surface area (Å²) >= 11 is 0. The Morgan fingerprint density at radius 3 is 2.35 bits per heavy atom. The number of anilines is 1. The Morgan fingerprint density at radius 2 is 1.52 bits per heavy atom. The topological polar surface area (TPSA) is 32.7 Å². The molecule has 0 saturated heterocycles. The number of amides is 1. The Bertz CT molecular complexity index is 900. The van der Waals surface area contributed by atoms with Crippen LogP contribution in [0.3, 0.4) is 0 Å². The molecule has 0 spiro atoms. The Balaban J connectivity index is 1.76. The number of carbonyl (C=O) groups excluding carboxylic acids is 1. The molecule has 0 aromatic heterocycles. The van der Waals surface area contributed by atoms with Crippen molar-refractivity contribution < 1.29 is 4.79 Å². The van der Waals surface area contributed by atoms with E-state index in [9.17, 15) is 4.79 Å². The summed E-state index contributed by atoms with van der Waals surface area (Å²) in [7, 11) is 0. The van der Waals surface area contributed by atoms with Crippen LogP contribution in [0.4, 0.5) is 5.69 Å². The standard InChI is InChI=1S/C20H16N2O/c23-20-13-12-19(21-22(20)18-8-2-1-3-9-18)17-11-10-15-6-4-5-7-16(15)14-17/h1-11,14H,12-13H2. The third kappa shape index (κ3) is 2.61. The van der Waals surface area contributed by atoms with Crippen molar-refractivity contribution in [3.8, 4) is 0 Å². The highest BCUT2D eigenvalue weighted by Crippen LogP contribution is 2.23. The van der Waals surface area contributed by atoms with E-state index in [4.69, 9.17) is 0 Å². The molecule has 0 atom stereocenters. The molecule has 3 aromatic carbocycles. The van der Waals surface area contributed by atoms with Gasteiger partial charge in [-0.05, 0) is 34.5 Å². The van der Waals surface area contributed by atoms with Crippen molar-refractivity contribution in [3.63, 3.8) is 0 Å². The molecule has 0 radical (unpaired) electrons. The van der Waals surface area contributed by atoms with Crippen LogP contribution in [0, 0.1) is 0 Å². The van der Waals surface area contributed by atoms with E-state index in [1.165, 1.54) is 15.8 Å². The maximum atomic E-state index is 12.2. The van der Waals surface area contributed by atoms with Gasteiger partial charge in [0.15, 0.2) is 0 Å². The van der Waals surface area contributed by atoms with Crippen molar-refractivity contribution in [2.75, 3.05) is 5.01 Å². The van der Waals surface area contributed by atoms with Gasteiger partial charge in [0.1, 0.15) is 0 Å².